The summed E-state index contributed by atoms with van der Waals surface area (Å²) in [5.41, 5.74) is 0.204. The van der Waals surface area contributed by atoms with Crippen LogP contribution in [0, 0.1) is 0 Å². The average Bonchev–Trinajstić information content (AvgIpc) is 1.85. The molecule has 0 radical (unpaired) electrons. The summed E-state index contributed by atoms with van der Waals surface area (Å²) in [6, 6.07) is 1.11. The van der Waals surface area contributed by atoms with Crippen LogP contribution in [0.4, 0.5) is 0 Å². The van der Waals surface area contributed by atoms with Gasteiger partial charge in [0, 0.05) is 17.8 Å². The number of hydrogen-bond acceptors (Lipinski definition) is 2. The maximum atomic E-state index is 10.6. The molecule has 11 heavy (non-hydrogen) atoms. The molecule has 4 heteroatoms. The molecule has 2 N–H and O–H groups in total. The highest BCUT2D eigenvalue weighted by atomic mass is 35.5. The Morgan fingerprint density at radius 3 is 2.82 bits per heavy atom. The highest BCUT2D eigenvalue weighted by Crippen LogP contribution is 2.25. The van der Waals surface area contributed by atoms with Gasteiger partial charge in [0.05, 0.1) is 5.38 Å². The summed E-state index contributed by atoms with van der Waals surface area (Å²) in [6.07, 6.45) is 1.41. The smallest absolute Gasteiger partial charge is 0.251 e. The molecule has 0 saturated carbocycles. The second-order valence-corrected chi connectivity index (χ2v) is 2.91. The first-order valence-corrected chi connectivity index (χ1v) is 3.60. The van der Waals surface area contributed by atoms with Gasteiger partial charge in [-0.2, -0.15) is 0 Å². The van der Waals surface area contributed by atoms with Crippen LogP contribution in [0.25, 0.3) is 0 Å². The first kappa shape index (κ1) is 8.14. The molecule has 1 heterocycles. The van der Waals surface area contributed by atoms with E-state index in [0.717, 1.165) is 6.07 Å². The molecule has 1 atom stereocenters. The molecular weight excluding hydrogens is 166 g/mol. The van der Waals surface area contributed by atoms with E-state index in [4.69, 9.17) is 16.7 Å². The third kappa shape index (κ3) is 1.74. The SMILES string of the molecule is CC(Cl)c1c[nH]c(=O)cc1O. The van der Waals surface area contributed by atoms with Crippen molar-refractivity contribution in [1.29, 1.82) is 0 Å². The van der Waals surface area contributed by atoms with Crippen LogP contribution in [0.3, 0.4) is 0 Å². The first-order chi connectivity index (χ1) is 5.11. The lowest BCUT2D eigenvalue weighted by molar-refractivity contribution is 0.466. The molecule has 1 aromatic rings. The molecule has 3 nitrogen and oxygen atoms in total. The Morgan fingerprint density at radius 2 is 2.36 bits per heavy atom. The summed E-state index contributed by atoms with van der Waals surface area (Å²) in [7, 11) is 0. The van der Waals surface area contributed by atoms with Gasteiger partial charge in [0.25, 0.3) is 5.56 Å². The van der Waals surface area contributed by atoms with Crippen LogP contribution in [-0.2, 0) is 0 Å². The Hall–Kier alpha value is -0.960. The molecule has 0 aromatic carbocycles. The topological polar surface area (TPSA) is 53.1 Å². The first-order valence-electron chi connectivity index (χ1n) is 3.17. The van der Waals surface area contributed by atoms with E-state index < -0.39 is 0 Å². The quantitative estimate of drug-likeness (QED) is 0.631. The molecular formula is C7H8ClNO2. The van der Waals surface area contributed by atoms with Crippen LogP contribution < -0.4 is 5.56 Å². The summed E-state index contributed by atoms with van der Waals surface area (Å²) >= 11 is 5.68. The highest BCUT2D eigenvalue weighted by molar-refractivity contribution is 6.20. The molecule has 0 fully saturated rings. The van der Waals surface area contributed by atoms with Crippen molar-refractivity contribution >= 4 is 11.6 Å². The Morgan fingerprint density at radius 1 is 1.73 bits per heavy atom. The zero-order valence-corrected chi connectivity index (χ0v) is 6.72. The average molecular weight is 174 g/mol. The molecule has 0 spiro atoms. The van der Waals surface area contributed by atoms with Crippen LogP contribution in [0.1, 0.15) is 17.9 Å². The van der Waals surface area contributed by atoms with Crippen molar-refractivity contribution < 1.29 is 5.11 Å². The molecule has 1 unspecified atom stereocenters. The fourth-order valence-corrected chi connectivity index (χ4v) is 0.965. The minimum Gasteiger partial charge on any atom is -0.507 e. The number of pyridine rings is 1. The zero-order valence-electron chi connectivity index (χ0n) is 5.97. The van der Waals surface area contributed by atoms with E-state index in [1.807, 2.05) is 0 Å². The summed E-state index contributed by atoms with van der Waals surface area (Å²) in [6.45, 7) is 1.72. The lowest BCUT2D eigenvalue weighted by Gasteiger charge is -2.03. The lowest BCUT2D eigenvalue weighted by Crippen LogP contribution is -2.03. The van der Waals surface area contributed by atoms with Gasteiger partial charge in [-0.25, -0.2) is 0 Å². The Kier molecular flexibility index (Phi) is 2.19. The number of rotatable bonds is 1. The van der Waals surface area contributed by atoms with Gasteiger partial charge in [-0.1, -0.05) is 0 Å². The van der Waals surface area contributed by atoms with E-state index >= 15 is 0 Å². The van der Waals surface area contributed by atoms with Crippen molar-refractivity contribution in [1.82, 2.24) is 4.98 Å². The molecule has 1 aromatic heterocycles. The Balaban J connectivity index is 3.20. The fourth-order valence-electron chi connectivity index (χ4n) is 0.791. The predicted octanol–water partition coefficient (Wildman–Crippen LogP) is 1.38. The molecule has 60 valence electrons. The summed E-state index contributed by atoms with van der Waals surface area (Å²) in [4.78, 5) is 13.0. The van der Waals surface area contributed by atoms with Gasteiger partial charge in [-0.05, 0) is 6.92 Å². The van der Waals surface area contributed by atoms with Crippen LogP contribution in [0.5, 0.6) is 5.75 Å². The molecule has 0 saturated heterocycles. The van der Waals surface area contributed by atoms with Crippen molar-refractivity contribution in [3.05, 3.63) is 28.2 Å². The van der Waals surface area contributed by atoms with Crippen LogP contribution in [0.15, 0.2) is 17.1 Å². The van der Waals surface area contributed by atoms with E-state index in [1.54, 1.807) is 6.92 Å². The van der Waals surface area contributed by atoms with Gasteiger partial charge >= 0.3 is 0 Å². The van der Waals surface area contributed by atoms with Crippen LogP contribution in [-0.4, -0.2) is 10.1 Å². The number of hydrogen-bond donors (Lipinski definition) is 2. The normalized spacial score (nSPS) is 12.9. The monoisotopic (exact) mass is 173 g/mol. The molecule has 0 amide bonds. The lowest BCUT2D eigenvalue weighted by atomic mass is 10.2. The van der Waals surface area contributed by atoms with Gasteiger partial charge in [0.1, 0.15) is 5.75 Å². The van der Waals surface area contributed by atoms with E-state index in [-0.39, 0.29) is 16.7 Å². The van der Waals surface area contributed by atoms with Gasteiger partial charge in [0.15, 0.2) is 0 Å². The highest BCUT2D eigenvalue weighted by Gasteiger charge is 2.06. The molecule has 0 aliphatic carbocycles. The van der Waals surface area contributed by atoms with Crippen molar-refractivity contribution in [2.24, 2.45) is 0 Å². The number of nitrogens with one attached hydrogen (secondary N) is 1. The summed E-state index contributed by atoms with van der Waals surface area (Å²) in [5.74, 6) is -0.0590. The van der Waals surface area contributed by atoms with Crippen molar-refractivity contribution in [3.63, 3.8) is 0 Å². The number of aromatic nitrogens is 1. The maximum Gasteiger partial charge on any atom is 0.251 e. The zero-order chi connectivity index (χ0) is 8.43. The third-order valence-electron chi connectivity index (χ3n) is 1.36. The molecule has 0 aliphatic heterocycles. The maximum absolute atomic E-state index is 10.6. The summed E-state index contributed by atoms with van der Waals surface area (Å²) in [5, 5.41) is 8.86. The van der Waals surface area contributed by atoms with Gasteiger partial charge in [0.2, 0.25) is 0 Å². The predicted molar refractivity (Wildman–Crippen MR) is 43.0 cm³/mol. The fraction of sp³-hybridized carbons (Fsp3) is 0.286. The second kappa shape index (κ2) is 2.96. The van der Waals surface area contributed by atoms with Crippen LogP contribution in [0.2, 0.25) is 0 Å². The minimum atomic E-state index is -0.330. The number of halogens is 1. The van der Waals surface area contributed by atoms with Crippen molar-refractivity contribution in [3.8, 4) is 5.75 Å². The third-order valence-corrected chi connectivity index (χ3v) is 1.60. The van der Waals surface area contributed by atoms with Crippen molar-refractivity contribution in [2.75, 3.05) is 0 Å². The minimum absolute atomic E-state index is 0.0590. The number of alkyl halides is 1. The van der Waals surface area contributed by atoms with Crippen LogP contribution >= 0.6 is 11.6 Å². The van der Waals surface area contributed by atoms with E-state index in [9.17, 15) is 4.79 Å². The molecule has 0 aliphatic rings. The Bertz CT molecular complexity index is 306. The second-order valence-electron chi connectivity index (χ2n) is 2.25. The number of aromatic hydroxyl groups is 1. The van der Waals surface area contributed by atoms with E-state index in [0.29, 0.717) is 5.56 Å². The van der Waals surface area contributed by atoms with Gasteiger partial charge in [-0.15, -0.1) is 11.6 Å². The summed E-state index contributed by atoms with van der Waals surface area (Å²) < 4.78 is 0. The van der Waals surface area contributed by atoms with Crippen molar-refractivity contribution in [2.45, 2.75) is 12.3 Å². The standard InChI is InChI=1S/C7H8ClNO2/c1-4(8)5-3-9-7(11)2-6(5)10/h2-4H,1H3,(H2,9,10,11). The van der Waals surface area contributed by atoms with E-state index in [1.165, 1.54) is 6.20 Å². The molecule has 0 bridgehead atoms. The largest absolute Gasteiger partial charge is 0.507 e. The van der Waals surface area contributed by atoms with Gasteiger partial charge in [-0.3, -0.25) is 4.79 Å². The number of H-pyrrole nitrogens is 1. The van der Waals surface area contributed by atoms with Gasteiger partial charge < -0.3 is 10.1 Å². The number of aromatic amines is 1. The molecule has 1 rings (SSSR count). The van der Waals surface area contributed by atoms with E-state index in [2.05, 4.69) is 4.98 Å². The Labute approximate surface area is 68.6 Å².